The molecule has 2 heterocycles. The highest BCUT2D eigenvalue weighted by Gasteiger charge is 2.18. The first-order valence-corrected chi connectivity index (χ1v) is 8.64. The first kappa shape index (κ1) is 15.9. The van der Waals surface area contributed by atoms with E-state index in [4.69, 9.17) is 5.73 Å². The molecule has 2 aromatic rings. The van der Waals surface area contributed by atoms with Crippen molar-refractivity contribution in [2.24, 2.45) is 0 Å². The molecule has 0 spiro atoms. The minimum Gasteiger partial charge on any atom is -0.397 e. The Morgan fingerprint density at radius 2 is 2.33 bits per heavy atom. The molecule has 0 aliphatic carbocycles. The maximum Gasteiger partial charge on any atom is 0.263 e. The molecule has 112 valence electrons. The Labute approximate surface area is 132 Å². The number of thioether (sulfide) groups is 1. The van der Waals surface area contributed by atoms with Crippen LogP contribution in [0.3, 0.4) is 0 Å². The van der Waals surface area contributed by atoms with Gasteiger partial charge in [0.1, 0.15) is 4.88 Å². The maximum atomic E-state index is 12.2. The summed E-state index contributed by atoms with van der Waals surface area (Å²) in [6.07, 6.45) is 1.86. The molecule has 2 aromatic heterocycles. The number of fused-ring (bicyclic) bond motifs is 1. The molecule has 4 nitrogen and oxygen atoms in total. The Hall–Kier alpha value is -1.53. The summed E-state index contributed by atoms with van der Waals surface area (Å²) >= 11 is 3.16. The van der Waals surface area contributed by atoms with Crippen molar-refractivity contribution in [2.75, 3.05) is 23.8 Å². The predicted octanol–water partition coefficient (Wildman–Crippen LogP) is 3.14. The zero-order valence-corrected chi connectivity index (χ0v) is 13.9. The molecular weight excluding hydrogens is 302 g/mol. The average molecular weight is 321 g/mol. The molecule has 6 heteroatoms. The van der Waals surface area contributed by atoms with E-state index in [2.05, 4.69) is 16.9 Å². The number of nitrogens with zero attached hydrogens (tertiary/aromatic N) is 1. The minimum atomic E-state index is -0.107. The Kier molecular flexibility index (Phi) is 5.25. The van der Waals surface area contributed by atoms with Crippen LogP contribution in [0.25, 0.3) is 10.1 Å². The number of thiophene rings is 1. The average Bonchev–Trinajstić information content (AvgIpc) is 2.75. The van der Waals surface area contributed by atoms with Crippen molar-refractivity contribution in [1.29, 1.82) is 0 Å². The SMILES string of the molecule is C=CCSCCNC(=O)c1sc2cc(C)nc(C)c2c1N. The van der Waals surface area contributed by atoms with Gasteiger partial charge in [0.15, 0.2) is 0 Å². The van der Waals surface area contributed by atoms with E-state index < -0.39 is 0 Å². The molecule has 21 heavy (non-hydrogen) atoms. The number of nitrogens with one attached hydrogen (secondary N) is 1. The topological polar surface area (TPSA) is 68.0 Å². The van der Waals surface area contributed by atoms with Gasteiger partial charge >= 0.3 is 0 Å². The van der Waals surface area contributed by atoms with Crippen molar-refractivity contribution >= 4 is 44.8 Å². The third kappa shape index (κ3) is 3.57. The van der Waals surface area contributed by atoms with Crippen LogP contribution >= 0.6 is 23.1 Å². The largest absolute Gasteiger partial charge is 0.397 e. The number of anilines is 1. The number of nitrogen functional groups attached to an aromatic ring is 1. The van der Waals surface area contributed by atoms with Gasteiger partial charge in [-0.2, -0.15) is 11.8 Å². The molecule has 0 fully saturated rings. The summed E-state index contributed by atoms with van der Waals surface area (Å²) in [4.78, 5) is 17.2. The number of rotatable bonds is 6. The van der Waals surface area contributed by atoms with Gasteiger partial charge in [0.25, 0.3) is 5.91 Å². The van der Waals surface area contributed by atoms with Crippen molar-refractivity contribution in [1.82, 2.24) is 10.3 Å². The molecule has 2 rings (SSSR count). The van der Waals surface area contributed by atoms with Gasteiger partial charge in [0.05, 0.1) is 5.69 Å². The lowest BCUT2D eigenvalue weighted by Crippen LogP contribution is -2.25. The van der Waals surface area contributed by atoms with Crippen LogP contribution in [0.15, 0.2) is 18.7 Å². The second-order valence-corrected chi connectivity index (χ2v) is 6.89. The molecule has 0 unspecified atom stereocenters. The van der Waals surface area contributed by atoms with Crippen LogP contribution in [0.1, 0.15) is 21.1 Å². The van der Waals surface area contributed by atoms with Crippen LogP contribution in [-0.4, -0.2) is 28.9 Å². The van der Waals surface area contributed by atoms with Gasteiger partial charge in [0.2, 0.25) is 0 Å². The first-order valence-electron chi connectivity index (χ1n) is 6.67. The van der Waals surface area contributed by atoms with E-state index in [1.165, 1.54) is 11.3 Å². The van der Waals surface area contributed by atoms with Crippen molar-refractivity contribution < 1.29 is 4.79 Å². The van der Waals surface area contributed by atoms with E-state index in [1.807, 2.05) is 26.0 Å². The number of nitrogens with two attached hydrogens (primary N) is 1. The zero-order valence-electron chi connectivity index (χ0n) is 12.2. The lowest BCUT2D eigenvalue weighted by atomic mass is 10.2. The van der Waals surface area contributed by atoms with Crippen molar-refractivity contribution in [2.45, 2.75) is 13.8 Å². The van der Waals surface area contributed by atoms with E-state index >= 15 is 0 Å². The van der Waals surface area contributed by atoms with Crippen LogP contribution < -0.4 is 11.1 Å². The van der Waals surface area contributed by atoms with Gasteiger partial charge in [-0.1, -0.05) is 6.08 Å². The molecule has 3 N–H and O–H groups in total. The highest BCUT2D eigenvalue weighted by Crippen LogP contribution is 2.35. The second kappa shape index (κ2) is 6.95. The first-order chi connectivity index (χ1) is 10.0. The number of hydrogen-bond donors (Lipinski definition) is 2. The lowest BCUT2D eigenvalue weighted by Gasteiger charge is -2.03. The van der Waals surface area contributed by atoms with Crippen LogP contribution in [0.2, 0.25) is 0 Å². The number of amides is 1. The summed E-state index contributed by atoms with van der Waals surface area (Å²) in [7, 11) is 0. The fourth-order valence-corrected chi connectivity index (χ4v) is 3.90. The fourth-order valence-electron chi connectivity index (χ4n) is 2.13. The third-order valence-corrected chi connectivity index (χ3v) is 5.11. The van der Waals surface area contributed by atoms with Crippen LogP contribution in [0.5, 0.6) is 0 Å². The van der Waals surface area contributed by atoms with Crippen molar-refractivity contribution in [3.05, 3.63) is 35.0 Å². The molecule has 0 saturated carbocycles. The quantitative estimate of drug-likeness (QED) is 0.633. The van der Waals surface area contributed by atoms with Crippen LogP contribution in [0, 0.1) is 13.8 Å². The fraction of sp³-hybridized carbons (Fsp3) is 0.333. The summed E-state index contributed by atoms with van der Waals surface area (Å²) in [6, 6.07) is 1.97. The maximum absolute atomic E-state index is 12.2. The standard InChI is InChI=1S/C15H19N3OS2/c1-4-6-20-7-5-17-15(19)14-13(16)12-10(3)18-9(2)8-11(12)21-14/h4,8H,1,5-7,16H2,2-3H3,(H,17,19). The van der Waals surface area contributed by atoms with Gasteiger partial charge in [0, 0.05) is 39.5 Å². The Morgan fingerprint density at radius 1 is 1.57 bits per heavy atom. The second-order valence-electron chi connectivity index (χ2n) is 4.69. The van der Waals surface area contributed by atoms with Gasteiger partial charge in [-0.05, 0) is 19.9 Å². The lowest BCUT2D eigenvalue weighted by molar-refractivity contribution is 0.0961. The Bertz CT molecular complexity index is 679. The van der Waals surface area contributed by atoms with E-state index in [0.29, 0.717) is 17.1 Å². The summed E-state index contributed by atoms with van der Waals surface area (Å²) in [6.45, 7) is 8.16. The van der Waals surface area contributed by atoms with E-state index in [1.54, 1.807) is 11.8 Å². The van der Waals surface area contributed by atoms with E-state index in [0.717, 1.165) is 33.0 Å². The smallest absolute Gasteiger partial charge is 0.263 e. The molecule has 0 aliphatic heterocycles. The molecule has 0 saturated heterocycles. The number of aryl methyl sites for hydroxylation is 2. The Balaban J connectivity index is 2.14. The molecular formula is C15H19N3OS2. The van der Waals surface area contributed by atoms with Gasteiger partial charge < -0.3 is 11.1 Å². The molecule has 0 atom stereocenters. The molecule has 0 aromatic carbocycles. The summed E-state index contributed by atoms with van der Waals surface area (Å²) in [5.74, 6) is 1.65. The van der Waals surface area contributed by atoms with Crippen molar-refractivity contribution in [3.63, 3.8) is 0 Å². The molecule has 0 bridgehead atoms. The van der Waals surface area contributed by atoms with Crippen LogP contribution in [-0.2, 0) is 0 Å². The highest BCUT2D eigenvalue weighted by molar-refractivity contribution is 7.99. The summed E-state index contributed by atoms with van der Waals surface area (Å²) < 4.78 is 1.02. The van der Waals surface area contributed by atoms with Gasteiger partial charge in [-0.3, -0.25) is 9.78 Å². The Morgan fingerprint density at radius 3 is 3.05 bits per heavy atom. The molecule has 0 radical (unpaired) electrons. The molecule has 1 amide bonds. The number of hydrogen-bond acceptors (Lipinski definition) is 5. The summed E-state index contributed by atoms with van der Waals surface area (Å²) in [5.41, 5.74) is 8.49. The van der Waals surface area contributed by atoms with E-state index in [-0.39, 0.29) is 5.91 Å². The minimum absolute atomic E-state index is 0.107. The number of carbonyl (C=O) groups is 1. The van der Waals surface area contributed by atoms with Gasteiger partial charge in [-0.15, -0.1) is 17.9 Å². The zero-order chi connectivity index (χ0) is 15.4. The summed E-state index contributed by atoms with van der Waals surface area (Å²) in [5, 5.41) is 3.81. The number of aromatic nitrogens is 1. The highest BCUT2D eigenvalue weighted by atomic mass is 32.2. The van der Waals surface area contributed by atoms with Gasteiger partial charge in [-0.25, -0.2) is 0 Å². The van der Waals surface area contributed by atoms with Crippen molar-refractivity contribution in [3.8, 4) is 0 Å². The monoisotopic (exact) mass is 321 g/mol. The normalized spacial score (nSPS) is 10.8. The van der Waals surface area contributed by atoms with Crippen LogP contribution in [0.4, 0.5) is 5.69 Å². The van der Waals surface area contributed by atoms with E-state index in [9.17, 15) is 4.79 Å². The molecule has 0 aliphatic rings. The number of pyridine rings is 1. The third-order valence-electron chi connectivity index (χ3n) is 2.99. The number of carbonyl (C=O) groups excluding carboxylic acids is 1. The predicted molar refractivity (Wildman–Crippen MR) is 93.4 cm³/mol.